The van der Waals surface area contributed by atoms with Crippen molar-refractivity contribution in [2.24, 2.45) is 0 Å². The summed E-state index contributed by atoms with van der Waals surface area (Å²) in [5, 5.41) is 3.07. The zero-order valence-electron chi connectivity index (χ0n) is 6.96. The van der Waals surface area contributed by atoms with Crippen molar-refractivity contribution in [2.45, 2.75) is 12.5 Å². The van der Waals surface area contributed by atoms with Gasteiger partial charge in [-0.05, 0) is 14.1 Å². The standard InChI is InChI=1S/C7H14N2O.ClH/c1-9(2)6-3-7(10)5-8-4-6;/h6,8H,3-5H2,1-2H3;1H. The lowest BCUT2D eigenvalue weighted by atomic mass is 10.1. The van der Waals surface area contributed by atoms with Gasteiger partial charge < -0.3 is 10.2 Å². The predicted octanol–water partition coefficient (Wildman–Crippen LogP) is -0.0992. The van der Waals surface area contributed by atoms with Crippen LogP contribution >= 0.6 is 12.4 Å². The summed E-state index contributed by atoms with van der Waals surface area (Å²) >= 11 is 0. The molecule has 3 nitrogen and oxygen atoms in total. The number of carbonyl (C=O) groups is 1. The minimum atomic E-state index is 0. The van der Waals surface area contributed by atoms with Crippen LogP contribution in [-0.2, 0) is 4.79 Å². The van der Waals surface area contributed by atoms with Crippen LogP contribution in [-0.4, -0.2) is 43.9 Å². The van der Waals surface area contributed by atoms with Crippen LogP contribution in [0.2, 0.25) is 0 Å². The van der Waals surface area contributed by atoms with Crippen LogP contribution in [0.1, 0.15) is 6.42 Å². The minimum absolute atomic E-state index is 0. The van der Waals surface area contributed by atoms with Crippen LogP contribution in [0.3, 0.4) is 0 Å². The van der Waals surface area contributed by atoms with Gasteiger partial charge in [-0.1, -0.05) is 0 Å². The molecule has 4 heteroatoms. The van der Waals surface area contributed by atoms with Crippen LogP contribution in [0.4, 0.5) is 0 Å². The molecule has 1 fully saturated rings. The number of likely N-dealkylation sites (N-methyl/N-ethyl adjacent to an activating group) is 1. The van der Waals surface area contributed by atoms with Crippen molar-refractivity contribution in [2.75, 3.05) is 27.2 Å². The van der Waals surface area contributed by atoms with E-state index in [0.717, 1.165) is 6.54 Å². The lowest BCUT2D eigenvalue weighted by Crippen LogP contribution is -2.46. The second-order valence-electron chi connectivity index (χ2n) is 2.99. The van der Waals surface area contributed by atoms with Gasteiger partial charge in [0.1, 0.15) is 5.78 Å². The number of rotatable bonds is 1. The van der Waals surface area contributed by atoms with Gasteiger partial charge in [0, 0.05) is 19.0 Å². The Labute approximate surface area is 73.5 Å². The lowest BCUT2D eigenvalue weighted by molar-refractivity contribution is -0.120. The van der Waals surface area contributed by atoms with Crippen LogP contribution in [0, 0.1) is 0 Å². The first-order chi connectivity index (χ1) is 4.70. The molecule has 1 aliphatic heterocycles. The van der Waals surface area contributed by atoms with E-state index < -0.39 is 0 Å². The average Bonchev–Trinajstić information content (AvgIpc) is 1.88. The van der Waals surface area contributed by atoms with Gasteiger partial charge in [-0.15, -0.1) is 12.4 Å². The molecule has 0 amide bonds. The molecule has 1 heterocycles. The molecule has 0 aromatic heterocycles. The number of hydrogen-bond acceptors (Lipinski definition) is 3. The largest absolute Gasteiger partial charge is 0.308 e. The summed E-state index contributed by atoms with van der Waals surface area (Å²) in [5.41, 5.74) is 0. The van der Waals surface area contributed by atoms with Crippen molar-refractivity contribution in [3.63, 3.8) is 0 Å². The summed E-state index contributed by atoms with van der Waals surface area (Å²) in [7, 11) is 4.01. The number of carbonyl (C=O) groups excluding carboxylic acids is 1. The maximum atomic E-state index is 10.9. The SMILES string of the molecule is CN(C)C1CNCC(=O)C1.Cl. The van der Waals surface area contributed by atoms with Crippen molar-refractivity contribution in [1.82, 2.24) is 10.2 Å². The Bertz CT molecular complexity index is 138. The number of nitrogens with zero attached hydrogens (tertiary/aromatic N) is 1. The summed E-state index contributed by atoms with van der Waals surface area (Å²) in [6, 6.07) is 0.404. The number of ketones is 1. The highest BCUT2D eigenvalue weighted by Gasteiger charge is 2.19. The minimum Gasteiger partial charge on any atom is -0.308 e. The van der Waals surface area contributed by atoms with Crippen molar-refractivity contribution >= 4 is 18.2 Å². The van der Waals surface area contributed by atoms with Gasteiger partial charge in [0.2, 0.25) is 0 Å². The molecule has 1 N–H and O–H groups in total. The van der Waals surface area contributed by atoms with Crippen molar-refractivity contribution in [3.05, 3.63) is 0 Å². The number of hydrogen-bond donors (Lipinski definition) is 1. The highest BCUT2D eigenvalue weighted by molar-refractivity contribution is 5.85. The molecule has 1 atom stereocenters. The van der Waals surface area contributed by atoms with E-state index in [1.807, 2.05) is 14.1 Å². The first-order valence-corrected chi connectivity index (χ1v) is 3.59. The third kappa shape index (κ3) is 3.18. The quantitative estimate of drug-likeness (QED) is 0.609. The van der Waals surface area contributed by atoms with E-state index in [1.165, 1.54) is 0 Å². The molecule has 0 aromatic carbocycles. The Hall–Kier alpha value is -0.120. The van der Waals surface area contributed by atoms with Gasteiger partial charge in [-0.25, -0.2) is 0 Å². The lowest BCUT2D eigenvalue weighted by Gasteiger charge is -2.27. The van der Waals surface area contributed by atoms with Gasteiger partial charge >= 0.3 is 0 Å². The zero-order valence-corrected chi connectivity index (χ0v) is 7.78. The molecule has 0 aliphatic carbocycles. The molecular weight excluding hydrogens is 164 g/mol. The molecular formula is C7H15ClN2O. The fourth-order valence-corrected chi connectivity index (χ4v) is 1.15. The van der Waals surface area contributed by atoms with Gasteiger partial charge in [-0.3, -0.25) is 4.79 Å². The monoisotopic (exact) mass is 178 g/mol. The molecule has 0 aromatic rings. The summed E-state index contributed by atoms with van der Waals surface area (Å²) in [4.78, 5) is 13.0. The topological polar surface area (TPSA) is 32.3 Å². The number of piperidine rings is 1. The predicted molar refractivity (Wildman–Crippen MR) is 47.2 cm³/mol. The molecule has 1 rings (SSSR count). The molecule has 0 radical (unpaired) electrons. The molecule has 1 unspecified atom stereocenters. The van der Waals surface area contributed by atoms with E-state index in [0.29, 0.717) is 24.8 Å². The molecule has 1 saturated heterocycles. The van der Waals surface area contributed by atoms with Crippen LogP contribution < -0.4 is 5.32 Å². The van der Waals surface area contributed by atoms with Crippen molar-refractivity contribution < 1.29 is 4.79 Å². The van der Waals surface area contributed by atoms with Gasteiger partial charge in [0.25, 0.3) is 0 Å². The first-order valence-electron chi connectivity index (χ1n) is 3.59. The first kappa shape index (κ1) is 10.9. The van der Waals surface area contributed by atoms with E-state index >= 15 is 0 Å². The van der Waals surface area contributed by atoms with Crippen LogP contribution in [0.25, 0.3) is 0 Å². The Morgan fingerprint density at radius 3 is 2.55 bits per heavy atom. The second-order valence-corrected chi connectivity index (χ2v) is 2.99. The Morgan fingerprint density at radius 2 is 2.18 bits per heavy atom. The molecule has 66 valence electrons. The highest BCUT2D eigenvalue weighted by Crippen LogP contribution is 2.02. The zero-order chi connectivity index (χ0) is 7.56. The summed E-state index contributed by atoms with van der Waals surface area (Å²) in [6.45, 7) is 1.50. The number of Topliss-reactive ketones (excluding diaryl/α,β-unsaturated/α-hetero) is 1. The Kier molecular flexibility index (Phi) is 4.65. The maximum Gasteiger partial charge on any atom is 0.148 e. The number of halogens is 1. The van der Waals surface area contributed by atoms with E-state index in [2.05, 4.69) is 10.2 Å². The summed E-state index contributed by atoms with van der Waals surface area (Å²) < 4.78 is 0. The highest BCUT2D eigenvalue weighted by atomic mass is 35.5. The third-order valence-electron chi connectivity index (χ3n) is 1.90. The van der Waals surface area contributed by atoms with Gasteiger partial charge in [0.05, 0.1) is 6.54 Å². The smallest absolute Gasteiger partial charge is 0.148 e. The normalized spacial score (nSPS) is 25.0. The fourth-order valence-electron chi connectivity index (χ4n) is 1.15. The molecule has 0 saturated carbocycles. The summed E-state index contributed by atoms with van der Waals surface area (Å²) in [5.74, 6) is 0.324. The van der Waals surface area contributed by atoms with E-state index in [9.17, 15) is 4.79 Å². The van der Waals surface area contributed by atoms with Crippen molar-refractivity contribution in [3.8, 4) is 0 Å². The van der Waals surface area contributed by atoms with Crippen LogP contribution in [0.15, 0.2) is 0 Å². The van der Waals surface area contributed by atoms with Gasteiger partial charge in [-0.2, -0.15) is 0 Å². The van der Waals surface area contributed by atoms with E-state index in [4.69, 9.17) is 0 Å². The maximum absolute atomic E-state index is 10.9. The average molecular weight is 179 g/mol. The summed E-state index contributed by atoms with van der Waals surface area (Å²) in [6.07, 6.45) is 0.708. The third-order valence-corrected chi connectivity index (χ3v) is 1.90. The molecule has 1 aliphatic rings. The van der Waals surface area contributed by atoms with E-state index in [-0.39, 0.29) is 12.4 Å². The number of nitrogens with one attached hydrogen (secondary N) is 1. The van der Waals surface area contributed by atoms with Gasteiger partial charge in [0.15, 0.2) is 0 Å². The Balaban J connectivity index is 0.000001000. The molecule has 0 spiro atoms. The molecule has 0 bridgehead atoms. The van der Waals surface area contributed by atoms with Crippen LogP contribution in [0.5, 0.6) is 0 Å². The van der Waals surface area contributed by atoms with Crippen molar-refractivity contribution in [1.29, 1.82) is 0 Å². The fraction of sp³-hybridized carbons (Fsp3) is 0.857. The Morgan fingerprint density at radius 1 is 1.55 bits per heavy atom. The van der Waals surface area contributed by atoms with E-state index in [1.54, 1.807) is 0 Å². The second kappa shape index (κ2) is 4.70. The molecule has 11 heavy (non-hydrogen) atoms.